The topological polar surface area (TPSA) is 0 Å². The van der Waals surface area contributed by atoms with E-state index in [2.05, 4.69) is 48.5 Å². The molecule has 0 aromatic rings. The van der Waals surface area contributed by atoms with Gasteiger partial charge in [-0.25, -0.2) is 0 Å². The lowest BCUT2D eigenvalue weighted by Gasteiger charge is -2.35. The standard InChI is InChI=1S/C16H34/c1-8-11-13(5)15(7)16(10-3)14(6)12(4)9-2/h12-16H,8-11H2,1-7H3. The summed E-state index contributed by atoms with van der Waals surface area (Å²) in [7, 11) is 0. The van der Waals surface area contributed by atoms with E-state index in [1.807, 2.05) is 0 Å². The van der Waals surface area contributed by atoms with E-state index >= 15 is 0 Å². The summed E-state index contributed by atoms with van der Waals surface area (Å²) in [4.78, 5) is 0. The highest BCUT2D eigenvalue weighted by Crippen LogP contribution is 2.36. The fourth-order valence-corrected chi connectivity index (χ4v) is 3.16. The normalized spacial score (nSPS) is 21.2. The molecule has 0 N–H and O–H groups in total. The first kappa shape index (κ1) is 16.0. The average Bonchev–Trinajstić information content (AvgIpc) is 2.28. The van der Waals surface area contributed by atoms with Crippen LogP contribution in [0.3, 0.4) is 0 Å². The molecule has 0 radical (unpaired) electrons. The van der Waals surface area contributed by atoms with Crippen molar-refractivity contribution in [2.75, 3.05) is 0 Å². The maximum Gasteiger partial charge on any atom is -0.0360 e. The number of hydrogen-bond acceptors (Lipinski definition) is 0. The van der Waals surface area contributed by atoms with E-state index in [4.69, 9.17) is 0 Å². The van der Waals surface area contributed by atoms with E-state index in [0.717, 1.165) is 29.6 Å². The molecule has 0 fully saturated rings. The first-order valence-electron chi connectivity index (χ1n) is 7.49. The molecule has 0 rings (SSSR count). The first-order chi connectivity index (χ1) is 7.49. The van der Waals surface area contributed by atoms with Crippen molar-refractivity contribution in [2.45, 2.75) is 74.1 Å². The largest absolute Gasteiger partial charge is 0.0654 e. The maximum atomic E-state index is 2.48. The number of rotatable bonds is 8. The van der Waals surface area contributed by atoms with Crippen molar-refractivity contribution < 1.29 is 0 Å². The van der Waals surface area contributed by atoms with Gasteiger partial charge in [-0.05, 0) is 29.6 Å². The molecule has 5 unspecified atom stereocenters. The predicted octanol–water partition coefficient (Wildman–Crippen LogP) is 5.77. The molecule has 0 heterocycles. The highest BCUT2D eigenvalue weighted by Gasteiger charge is 2.28. The average molecular weight is 226 g/mol. The molecule has 0 saturated heterocycles. The Morgan fingerprint density at radius 1 is 0.688 bits per heavy atom. The van der Waals surface area contributed by atoms with E-state index in [0.29, 0.717) is 0 Å². The number of hydrogen-bond donors (Lipinski definition) is 0. The van der Waals surface area contributed by atoms with Crippen LogP contribution in [0.15, 0.2) is 0 Å². The van der Waals surface area contributed by atoms with Gasteiger partial charge in [0, 0.05) is 0 Å². The summed E-state index contributed by atoms with van der Waals surface area (Å²) in [5.41, 5.74) is 0. The van der Waals surface area contributed by atoms with Crippen LogP contribution >= 0.6 is 0 Å². The minimum atomic E-state index is 0.876. The van der Waals surface area contributed by atoms with E-state index in [9.17, 15) is 0 Å². The van der Waals surface area contributed by atoms with Crippen molar-refractivity contribution >= 4 is 0 Å². The van der Waals surface area contributed by atoms with Gasteiger partial charge in [0.25, 0.3) is 0 Å². The summed E-state index contributed by atoms with van der Waals surface area (Å²) in [5, 5.41) is 0. The van der Waals surface area contributed by atoms with Gasteiger partial charge in [-0.3, -0.25) is 0 Å². The lowest BCUT2D eigenvalue weighted by atomic mass is 9.70. The maximum absolute atomic E-state index is 2.48. The quantitative estimate of drug-likeness (QED) is 0.493. The third kappa shape index (κ3) is 4.47. The molecule has 0 aliphatic heterocycles. The SMILES string of the molecule is CCCC(C)C(C)C(CC)C(C)C(C)CC. The lowest BCUT2D eigenvalue weighted by Crippen LogP contribution is -2.28. The summed E-state index contributed by atoms with van der Waals surface area (Å²) >= 11 is 0. The Kier molecular flexibility index (Phi) is 8.14. The third-order valence-electron chi connectivity index (χ3n) is 5.01. The van der Waals surface area contributed by atoms with Crippen LogP contribution < -0.4 is 0 Å². The second-order valence-corrected chi connectivity index (χ2v) is 5.94. The minimum Gasteiger partial charge on any atom is -0.0654 e. The minimum absolute atomic E-state index is 0.876. The van der Waals surface area contributed by atoms with Crippen molar-refractivity contribution in [2.24, 2.45) is 29.6 Å². The molecule has 98 valence electrons. The molecule has 0 aliphatic carbocycles. The Labute approximate surface area is 104 Å². The van der Waals surface area contributed by atoms with Crippen LogP contribution in [-0.2, 0) is 0 Å². The summed E-state index contributed by atoms with van der Waals surface area (Å²) < 4.78 is 0. The summed E-state index contributed by atoms with van der Waals surface area (Å²) in [6.07, 6.45) is 5.40. The zero-order chi connectivity index (χ0) is 12.7. The zero-order valence-corrected chi connectivity index (χ0v) is 12.7. The highest BCUT2D eigenvalue weighted by atomic mass is 14.3. The van der Waals surface area contributed by atoms with Crippen molar-refractivity contribution in [1.29, 1.82) is 0 Å². The fraction of sp³-hybridized carbons (Fsp3) is 1.00. The molecule has 5 atom stereocenters. The summed E-state index contributed by atoms with van der Waals surface area (Å²) in [6, 6.07) is 0. The predicted molar refractivity (Wildman–Crippen MR) is 75.6 cm³/mol. The van der Waals surface area contributed by atoms with Gasteiger partial charge < -0.3 is 0 Å². The molecule has 0 aromatic heterocycles. The Hall–Kier alpha value is 0. The fourth-order valence-electron chi connectivity index (χ4n) is 3.16. The Morgan fingerprint density at radius 3 is 1.56 bits per heavy atom. The molecular weight excluding hydrogens is 192 g/mol. The molecule has 0 aromatic carbocycles. The molecule has 0 heteroatoms. The second kappa shape index (κ2) is 8.14. The van der Waals surface area contributed by atoms with Gasteiger partial charge >= 0.3 is 0 Å². The van der Waals surface area contributed by atoms with Crippen LogP contribution in [0.4, 0.5) is 0 Å². The molecule has 0 aliphatic rings. The Balaban J connectivity index is 4.46. The zero-order valence-electron chi connectivity index (χ0n) is 12.7. The van der Waals surface area contributed by atoms with Crippen molar-refractivity contribution in [3.05, 3.63) is 0 Å². The highest BCUT2D eigenvalue weighted by molar-refractivity contribution is 4.77. The lowest BCUT2D eigenvalue weighted by molar-refractivity contribution is 0.141. The summed E-state index contributed by atoms with van der Waals surface area (Å²) in [5.74, 6) is 4.44. The third-order valence-corrected chi connectivity index (χ3v) is 5.01. The molecule has 16 heavy (non-hydrogen) atoms. The first-order valence-corrected chi connectivity index (χ1v) is 7.49. The van der Waals surface area contributed by atoms with Crippen molar-refractivity contribution in [3.8, 4) is 0 Å². The molecule has 0 nitrogen and oxygen atoms in total. The van der Waals surface area contributed by atoms with Gasteiger partial charge in [0.2, 0.25) is 0 Å². The molecule has 0 saturated carbocycles. The Bertz CT molecular complexity index is 161. The second-order valence-electron chi connectivity index (χ2n) is 5.94. The van der Waals surface area contributed by atoms with Gasteiger partial charge in [0.05, 0.1) is 0 Å². The van der Waals surface area contributed by atoms with Crippen LogP contribution in [0.2, 0.25) is 0 Å². The smallest absolute Gasteiger partial charge is 0.0360 e. The van der Waals surface area contributed by atoms with Crippen LogP contribution in [-0.4, -0.2) is 0 Å². The van der Waals surface area contributed by atoms with Gasteiger partial charge in [0.1, 0.15) is 0 Å². The van der Waals surface area contributed by atoms with E-state index in [1.165, 1.54) is 25.7 Å². The van der Waals surface area contributed by atoms with Gasteiger partial charge in [-0.15, -0.1) is 0 Å². The van der Waals surface area contributed by atoms with Gasteiger partial charge in [-0.1, -0.05) is 74.1 Å². The molecule has 0 spiro atoms. The molecular formula is C16H34. The Morgan fingerprint density at radius 2 is 1.19 bits per heavy atom. The van der Waals surface area contributed by atoms with Crippen molar-refractivity contribution in [1.82, 2.24) is 0 Å². The monoisotopic (exact) mass is 226 g/mol. The van der Waals surface area contributed by atoms with E-state index in [1.54, 1.807) is 0 Å². The van der Waals surface area contributed by atoms with Crippen molar-refractivity contribution in [3.63, 3.8) is 0 Å². The van der Waals surface area contributed by atoms with E-state index < -0.39 is 0 Å². The van der Waals surface area contributed by atoms with Gasteiger partial charge in [0.15, 0.2) is 0 Å². The van der Waals surface area contributed by atoms with Gasteiger partial charge in [-0.2, -0.15) is 0 Å². The molecule has 0 bridgehead atoms. The van der Waals surface area contributed by atoms with Crippen LogP contribution in [0.5, 0.6) is 0 Å². The van der Waals surface area contributed by atoms with E-state index in [-0.39, 0.29) is 0 Å². The molecule has 0 amide bonds. The van der Waals surface area contributed by atoms with Crippen LogP contribution in [0, 0.1) is 29.6 Å². The van der Waals surface area contributed by atoms with Crippen LogP contribution in [0.25, 0.3) is 0 Å². The summed E-state index contributed by atoms with van der Waals surface area (Å²) in [6.45, 7) is 16.8. The van der Waals surface area contributed by atoms with Crippen LogP contribution in [0.1, 0.15) is 74.1 Å².